The van der Waals surface area contributed by atoms with Gasteiger partial charge in [-0.25, -0.2) is 4.68 Å². The number of nitrogens with zero attached hydrogens (tertiary/aromatic N) is 1. The minimum atomic E-state index is -0.466. The van der Waals surface area contributed by atoms with E-state index in [4.69, 9.17) is 5.11 Å². The normalized spacial score (nSPS) is 12.1. The number of amides is 1. The summed E-state index contributed by atoms with van der Waals surface area (Å²) in [6.45, 7) is 1.15. The number of nitrogens with one attached hydrogen (secondary N) is 2. The van der Waals surface area contributed by atoms with Gasteiger partial charge >= 0.3 is 0 Å². The molecule has 0 saturated carbocycles. The summed E-state index contributed by atoms with van der Waals surface area (Å²) in [5.41, 5.74) is -0.922. The van der Waals surface area contributed by atoms with E-state index < -0.39 is 23.1 Å². The molecule has 0 bridgehead atoms. The Morgan fingerprint density at radius 1 is 1.56 bits per heavy atom. The molecular weight excluding hydrogens is 214 g/mol. The van der Waals surface area contributed by atoms with Crippen molar-refractivity contribution in [3.8, 4) is 0 Å². The van der Waals surface area contributed by atoms with Crippen molar-refractivity contribution in [2.24, 2.45) is 0 Å². The van der Waals surface area contributed by atoms with Crippen LogP contribution in [-0.2, 0) is 11.3 Å². The average Bonchev–Trinajstić information content (AvgIpc) is 2.23. The molecule has 3 N–H and O–H groups in total. The molecule has 16 heavy (non-hydrogen) atoms. The third kappa shape index (κ3) is 3.35. The number of carbonyl (C=O) groups excluding carboxylic acids is 1. The molecule has 1 heterocycles. The van der Waals surface area contributed by atoms with Gasteiger partial charge in [0, 0.05) is 18.2 Å². The maximum atomic E-state index is 11.3. The van der Waals surface area contributed by atoms with Crippen LogP contribution in [0.15, 0.2) is 21.7 Å². The molecular formula is C9H13N3O4. The zero-order valence-electron chi connectivity index (χ0n) is 8.77. The minimum Gasteiger partial charge on any atom is -0.394 e. The van der Waals surface area contributed by atoms with E-state index in [0.717, 1.165) is 16.8 Å². The maximum Gasteiger partial charge on any atom is 0.265 e. The molecule has 0 aliphatic rings. The van der Waals surface area contributed by atoms with E-state index in [-0.39, 0.29) is 13.2 Å². The van der Waals surface area contributed by atoms with E-state index in [1.807, 2.05) is 0 Å². The summed E-state index contributed by atoms with van der Waals surface area (Å²) >= 11 is 0. The van der Waals surface area contributed by atoms with Gasteiger partial charge in [0.15, 0.2) is 0 Å². The SMILES string of the molecule is C[C@@H](CO)NC(=O)Cn1[nH]c(=O)ccc1=O. The summed E-state index contributed by atoms with van der Waals surface area (Å²) in [7, 11) is 0. The summed E-state index contributed by atoms with van der Waals surface area (Å²) in [5.74, 6) is -0.453. The Morgan fingerprint density at radius 2 is 2.25 bits per heavy atom. The average molecular weight is 227 g/mol. The number of aromatic amines is 1. The number of hydrogen-bond acceptors (Lipinski definition) is 4. The molecule has 0 radical (unpaired) electrons. The van der Waals surface area contributed by atoms with Crippen LogP contribution in [0.3, 0.4) is 0 Å². The highest BCUT2D eigenvalue weighted by atomic mass is 16.3. The van der Waals surface area contributed by atoms with Crippen LogP contribution in [0.5, 0.6) is 0 Å². The third-order valence-corrected chi connectivity index (χ3v) is 1.87. The molecule has 7 nitrogen and oxygen atoms in total. The second-order valence-corrected chi connectivity index (χ2v) is 3.38. The Labute approximate surface area is 90.7 Å². The van der Waals surface area contributed by atoms with Crippen molar-refractivity contribution in [3.05, 3.63) is 32.8 Å². The first-order valence-corrected chi connectivity index (χ1v) is 4.73. The highest BCUT2D eigenvalue weighted by Crippen LogP contribution is 1.80. The molecule has 0 spiro atoms. The highest BCUT2D eigenvalue weighted by Gasteiger charge is 2.07. The number of aliphatic hydroxyl groups is 1. The Balaban J connectivity index is 2.73. The number of aliphatic hydroxyl groups excluding tert-OH is 1. The quantitative estimate of drug-likeness (QED) is 0.555. The summed E-state index contributed by atoms with van der Waals surface area (Å²) in [6.07, 6.45) is 0. The van der Waals surface area contributed by atoms with Crippen LogP contribution < -0.4 is 16.4 Å². The fourth-order valence-electron chi connectivity index (χ4n) is 1.09. The summed E-state index contributed by atoms with van der Waals surface area (Å²) in [6, 6.07) is 1.79. The molecule has 1 aromatic heterocycles. The lowest BCUT2D eigenvalue weighted by Gasteiger charge is -2.11. The molecule has 1 atom stereocenters. The van der Waals surface area contributed by atoms with Crippen LogP contribution in [0.25, 0.3) is 0 Å². The highest BCUT2D eigenvalue weighted by molar-refractivity contribution is 5.75. The van der Waals surface area contributed by atoms with Crippen LogP contribution in [0.1, 0.15) is 6.92 Å². The Morgan fingerprint density at radius 3 is 2.88 bits per heavy atom. The molecule has 1 aromatic rings. The lowest BCUT2D eigenvalue weighted by molar-refractivity contribution is -0.122. The lowest BCUT2D eigenvalue weighted by Crippen LogP contribution is -2.40. The number of aromatic nitrogens is 2. The van der Waals surface area contributed by atoms with Crippen molar-refractivity contribution >= 4 is 5.91 Å². The van der Waals surface area contributed by atoms with Crippen molar-refractivity contribution in [3.63, 3.8) is 0 Å². The number of H-pyrrole nitrogens is 1. The minimum absolute atomic E-state index is 0.189. The monoisotopic (exact) mass is 227 g/mol. The fourth-order valence-corrected chi connectivity index (χ4v) is 1.09. The van der Waals surface area contributed by atoms with E-state index in [1.165, 1.54) is 0 Å². The zero-order chi connectivity index (χ0) is 12.1. The molecule has 0 aliphatic heterocycles. The van der Waals surface area contributed by atoms with E-state index in [0.29, 0.717) is 0 Å². The van der Waals surface area contributed by atoms with Gasteiger partial charge in [-0.2, -0.15) is 0 Å². The van der Waals surface area contributed by atoms with Crippen LogP contribution in [-0.4, -0.2) is 33.4 Å². The third-order valence-electron chi connectivity index (χ3n) is 1.87. The molecule has 88 valence electrons. The zero-order valence-corrected chi connectivity index (χ0v) is 8.77. The standard InChI is InChI=1S/C9H13N3O4/c1-6(5-13)10-8(15)4-12-9(16)3-2-7(14)11-12/h2-3,6,13H,4-5H2,1H3,(H,10,15)(H,11,14)/t6-/m0/s1. The van der Waals surface area contributed by atoms with Gasteiger partial charge in [0.1, 0.15) is 6.54 Å². The largest absolute Gasteiger partial charge is 0.394 e. The lowest BCUT2D eigenvalue weighted by atomic mass is 10.3. The van der Waals surface area contributed by atoms with Crippen molar-refractivity contribution in [1.82, 2.24) is 15.1 Å². The Kier molecular flexibility index (Phi) is 4.01. The predicted molar refractivity (Wildman–Crippen MR) is 56.0 cm³/mol. The smallest absolute Gasteiger partial charge is 0.265 e. The van der Waals surface area contributed by atoms with Crippen LogP contribution >= 0.6 is 0 Å². The topological polar surface area (TPSA) is 104 Å². The second-order valence-electron chi connectivity index (χ2n) is 3.38. The molecule has 1 amide bonds. The molecule has 0 aromatic carbocycles. The molecule has 0 fully saturated rings. The molecule has 0 aliphatic carbocycles. The van der Waals surface area contributed by atoms with Gasteiger partial charge in [-0.3, -0.25) is 19.5 Å². The van der Waals surface area contributed by atoms with E-state index >= 15 is 0 Å². The maximum absolute atomic E-state index is 11.3. The van der Waals surface area contributed by atoms with Gasteiger partial charge in [0.25, 0.3) is 11.1 Å². The fraction of sp³-hybridized carbons (Fsp3) is 0.444. The summed E-state index contributed by atoms with van der Waals surface area (Å²) < 4.78 is 0.905. The molecule has 7 heteroatoms. The molecule has 1 rings (SSSR count). The van der Waals surface area contributed by atoms with Gasteiger partial charge in [-0.1, -0.05) is 0 Å². The van der Waals surface area contributed by atoms with Crippen LogP contribution in [0, 0.1) is 0 Å². The van der Waals surface area contributed by atoms with Crippen molar-refractivity contribution < 1.29 is 9.90 Å². The first kappa shape index (κ1) is 12.2. The number of carbonyl (C=O) groups is 1. The van der Waals surface area contributed by atoms with Gasteiger partial charge in [0.2, 0.25) is 5.91 Å². The predicted octanol–water partition coefficient (Wildman–Crippen LogP) is -1.97. The first-order chi connectivity index (χ1) is 7.52. The van der Waals surface area contributed by atoms with Gasteiger partial charge in [-0.05, 0) is 6.92 Å². The van der Waals surface area contributed by atoms with Crippen LogP contribution in [0.4, 0.5) is 0 Å². The molecule has 0 unspecified atom stereocenters. The summed E-state index contributed by atoms with van der Waals surface area (Å²) in [4.78, 5) is 33.5. The van der Waals surface area contributed by atoms with E-state index in [9.17, 15) is 14.4 Å². The summed E-state index contributed by atoms with van der Waals surface area (Å²) in [5, 5.41) is 13.4. The molecule has 0 saturated heterocycles. The van der Waals surface area contributed by atoms with Crippen molar-refractivity contribution in [1.29, 1.82) is 0 Å². The van der Waals surface area contributed by atoms with Crippen molar-refractivity contribution in [2.75, 3.05) is 6.61 Å². The number of rotatable bonds is 4. The van der Waals surface area contributed by atoms with Crippen molar-refractivity contribution in [2.45, 2.75) is 19.5 Å². The number of hydrogen-bond donors (Lipinski definition) is 3. The Hall–Kier alpha value is -1.89. The Bertz CT molecular complexity index is 476. The van der Waals surface area contributed by atoms with Gasteiger partial charge in [-0.15, -0.1) is 0 Å². The van der Waals surface area contributed by atoms with Gasteiger partial charge in [0.05, 0.1) is 6.61 Å². The first-order valence-electron chi connectivity index (χ1n) is 4.73. The van der Waals surface area contributed by atoms with Crippen LogP contribution in [0.2, 0.25) is 0 Å². The second kappa shape index (κ2) is 5.26. The van der Waals surface area contributed by atoms with Gasteiger partial charge < -0.3 is 10.4 Å². The van der Waals surface area contributed by atoms with E-state index in [2.05, 4.69) is 10.4 Å². The van der Waals surface area contributed by atoms with E-state index in [1.54, 1.807) is 6.92 Å².